The van der Waals surface area contributed by atoms with Gasteiger partial charge in [-0.2, -0.15) is 0 Å². The van der Waals surface area contributed by atoms with Crippen LogP contribution in [0.15, 0.2) is 12.2 Å². The third-order valence-electron chi connectivity index (χ3n) is 2.73. The van der Waals surface area contributed by atoms with Crippen LogP contribution < -0.4 is 5.32 Å². The zero-order valence-electron chi connectivity index (χ0n) is 10.2. The maximum Gasteiger partial charge on any atom is 0.334 e. The van der Waals surface area contributed by atoms with Gasteiger partial charge < -0.3 is 14.8 Å². The Bertz CT molecular complexity index is 257. The smallest absolute Gasteiger partial charge is 0.334 e. The number of carbonyl (C=O) groups is 1. The molecule has 1 aliphatic rings. The quantitative estimate of drug-likeness (QED) is 0.567. The van der Waals surface area contributed by atoms with Crippen molar-refractivity contribution >= 4 is 5.97 Å². The van der Waals surface area contributed by atoms with Gasteiger partial charge in [-0.15, -0.1) is 0 Å². The second-order valence-corrected chi connectivity index (χ2v) is 4.39. The molecule has 1 rings (SSSR count). The maximum absolute atomic E-state index is 11.3. The molecule has 0 aromatic rings. The summed E-state index contributed by atoms with van der Waals surface area (Å²) in [4.78, 5) is 11.3. The van der Waals surface area contributed by atoms with Gasteiger partial charge in [-0.05, 0) is 26.7 Å². The molecule has 0 radical (unpaired) electrons. The summed E-state index contributed by atoms with van der Waals surface area (Å²) in [5.74, 6) is -0.324. The van der Waals surface area contributed by atoms with Crippen LogP contribution in [-0.2, 0) is 14.3 Å². The molecule has 1 atom stereocenters. The van der Waals surface area contributed by atoms with E-state index in [4.69, 9.17) is 9.47 Å². The van der Waals surface area contributed by atoms with E-state index in [-0.39, 0.29) is 11.5 Å². The second-order valence-electron chi connectivity index (χ2n) is 4.39. The molecule has 0 aromatic carbocycles. The molecular formula is C12H21NO3. The number of hydrogen-bond acceptors (Lipinski definition) is 4. The number of hydrogen-bond donors (Lipinski definition) is 1. The first-order valence-electron chi connectivity index (χ1n) is 5.75. The molecule has 1 aliphatic heterocycles. The minimum absolute atomic E-state index is 0.0479. The summed E-state index contributed by atoms with van der Waals surface area (Å²) in [6.07, 6.45) is 2.11. The minimum atomic E-state index is -0.324. The zero-order chi connectivity index (χ0) is 12.0. The van der Waals surface area contributed by atoms with E-state index in [0.717, 1.165) is 19.4 Å². The number of carbonyl (C=O) groups excluding carboxylic acids is 1. The van der Waals surface area contributed by atoms with Crippen LogP contribution in [0.2, 0.25) is 0 Å². The first kappa shape index (κ1) is 13.2. The molecule has 1 unspecified atom stereocenters. The van der Waals surface area contributed by atoms with Crippen molar-refractivity contribution in [3.05, 3.63) is 12.2 Å². The Kier molecular flexibility index (Phi) is 4.96. The normalized spacial score (nSPS) is 25.1. The van der Waals surface area contributed by atoms with Gasteiger partial charge in [-0.3, -0.25) is 0 Å². The fraction of sp³-hybridized carbons (Fsp3) is 0.750. The maximum atomic E-state index is 11.3. The Balaban J connectivity index is 2.32. The van der Waals surface area contributed by atoms with Gasteiger partial charge in [0.2, 0.25) is 0 Å². The van der Waals surface area contributed by atoms with Gasteiger partial charge in [0, 0.05) is 24.3 Å². The Morgan fingerprint density at radius 1 is 1.62 bits per heavy atom. The summed E-state index contributed by atoms with van der Waals surface area (Å²) in [6.45, 7) is 9.96. The Labute approximate surface area is 97.0 Å². The summed E-state index contributed by atoms with van der Waals surface area (Å²) >= 11 is 0. The van der Waals surface area contributed by atoms with Crippen molar-refractivity contribution < 1.29 is 14.3 Å². The van der Waals surface area contributed by atoms with Crippen molar-refractivity contribution in [1.82, 2.24) is 5.32 Å². The van der Waals surface area contributed by atoms with Crippen molar-refractivity contribution in [2.75, 3.05) is 26.4 Å². The lowest BCUT2D eigenvalue weighted by atomic mass is 9.94. The summed E-state index contributed by atoms with van der Waals surface area (Å²) in [5.41, 5.74) is 0.418. The van der Waals surface area contributed by atoms with Crippen LogP contribution in [0.4, 0.5) is 0 Å². The highest BCUT2D eigenvalue weighted by Crippen LogP contribution is 2.18. The molecule has 0 aromatic heterocycles. The molecule has 1 N–H and O–H groups in total. The molecule has 0 amide bonds. The zero-order valence-corrected chi connectivity index (χ0v) is 10.2. The predicted molar refractivity (Wildman–Crippen MR) is 62.2 cm³/mol. The standard InChI is InChI=1S/C12H21NO3/c1-4-16-11(14)10(2)8-13-12(3)6-5-7-15-9-12/h13H,2,4-9H2,1,3H3. The van der Waals surface area contributed by atoms with E-state index in [1.165, 1.54) is 0 Å². The molecule has 0 bridgehead atoms. The van der Waals surface area contributed by atoms with Crippen molar-refractivity contribution in [2.45, 2.75) is 32.2 Å². The fourth-order valence-corrected chi connectivity index (χ4v) is 1.70. The van der Waals surface area contributed by atoms with E-state index in [2.05, 4.69) is 18.8 Å². The van der Waals surface area contributed by atoms with E-state index in [0.29, 0.717) is 25.3 Å². The number of rotatable bonds is 5. The molecule has 0 aliphatic carbocycles. The topological polar surface area (TPSA) is 47.6 Å². The third-order valence-corrected chi connectivity index (χ3v) is 2.73. The first-order chi connectivity index (χ1) is 7.57. The Morgan fingerprint density at radius 3 is 2.94 bits per heavy atom. The molecule has 1 fully saturated rings. The van der Waals surface area contributed by atoms with Gasteiger partial charge in [0.05, 0.1) is 13.2 Å². The number of ether oxygens (including phenoxy) is 2. The van der Waals surface area contributed by atoms with Gasteiger partial charge in [-0.1, -0.05) is 6.58 Å². The average Bonchev–Trinajstić information content (AvgIpc) is 2.27. The van der Waals surface area contributed by atoms with Crippen LogP contribution >= 0.6 is 0 Å². The first-order valence-corrected chi connectivity index (χ1v) is 5.75. The van der Waals surface area contributed by atoms with Gasteiger partial charge in [-0.25, -0.2) is 4.79 Å². The molecule has 0 spiro atoms. The number of esters is 1. The monoisotopic (exact) mass is 227 g/mol. The van der Waals surface area contributed by atoms with Crippen LogP contribution in [0.1, 0.15) is 26.7 Å². The largest absolute Gasteiger partial charge is 0.463 e. The lowest BCUT2D eigenvalue weighted by Crippen LogP contribution is -2.49. The van der Waals surface area contributed by atoms with Crippen molar-refractivity contribution in [3.8, 4) is 0 Å². The highest BCUT2D eigenvalue weighted by Gasteiger charge is 2.27. The molecule has 4 heteroatoms. The Hall–Kier alpha value is -0.870. The van der Waals surface area contributed by atoms with Crippen molar-refractivity contribution in [3.63, 3.8) is 0 Å². The minimum Gasteiger partial charge on any atom is -0.463 e. The molecular weight excluding hydrogens is 206 g/mol. The average molecular weight is 227 g/mol. The van der Waals surface area contributed by atoms with E-state index in [9.17, 15) is 4.79 Å². The molecule has 4 nitrogen and oxygen atoms in total. The summed E-state index contributed by atoms with van der Waals surface area (Å²) < 4.78 is 10.3. The van der Waals surface area contributed by atoms with Gasteiger partial charge >= 0.3 is 5.97 Å². The molecule has 16 heavy (non-hydrogen) atoms. The fourth-order valence-electron chi connectivity index (χ4n) is 1.70. The van der Waals surface area contributed by atoms with Gasteiger partial charge in [0.25, 0.3) is 0 Å². The van der Waals surface area contributed by atoms with Gasteiger partial charge in [0.15, 0.2) is 0 Å². The highest BCUT2D eigenvalue weighted by atomic mass is 16.5. The van der Waals surface area contributed by atoms with Crippen LogP contribution in [0.5, 0.6) is 0 Å². The molecule has 1 heterocycles. The second kappa shape index (κ2) is 6.01. The van der Waals surface area contributed by atoms with E-state index in [1.807, 2.05) is 0 Å². The highest BCUT2D eigenvalue weighted by molar-refractivity contribution is 5.88. The Morgan fingerprint density at radius 2 is 2.38 bits per heavy atom. The van der Waals surface area contributed by atoms with Crippen LogP contribution in [0.3, 0.4) is 0 Å². The lowest BCUT2D eigenvalue weighted by molar-refractivity contribution is -0.138. The van der Waals surface area contributed by atoms with Crippen LogP contribution in [-0.4, -0.2) is 37.9 Å². The molecule has 92 valence electrons. The van der Waals surface area contributed by atoms with E-state index >= 15 is 0 Å². The van der Waals surface area contributed by atoms with Crippen molar-refractivity contribution in [2.24, 2.45) is 0 Å². The van der Waals surface area contributed by atoms with E-state index in [1.54, 1.807) is 6.92 Å². The predicted octanol–water partition coefficient (Wildman–Crippen LogP) is 1.26. The summed E-state index contributed by atoms with van der Waals surface area (Å²) in [7, 11) is 0. The molecule has 0 saturated carbocycles. The third kappa shape index (κ3) is 3.94. The lowest BCUT2D eigenvalue weighted by Gasteiger charge is -2.34. The van der Waals surface area contributed by atoms with E-state index < -0.39 is 0 Å². The van der Waals surface area contributed by atoms with Gasteiger partial charge in [0.1, 0.15) is 0 Å². The molecule has 1 saturated heterocycles. The SMILES string of the molecule is C=C(CNC1(C)CCCOC1)C(=O)OCC. The summed E-state index contributed by atoms with van der Waals surface area (Å²) in [5, 5.41) is 3.31. The van der Waals surface area contributed by atoms with Crippen LogP contribution in [0, 0.1) is 0 Å². The van der Waals surface area contributed by atoms with Crippen LogP contribution in [0.25, 0.3) is 0 Å². The summed E-state index contributed by atoms with van der Waals surface area (Å²) in [6, 6.07) is 0. The number of nitrogens with one attached hydrogen (secondary N) is 1. The van der Waals surface area contributed by atoms with Crippen molar-refractivity contribution in [1.29, 1.82) is 0 Å².